The fourth-order valence-corrected chi connectivity index (χ4v) is 6.15. The molecule has 226 valence electrons. The summed E-state index contributed by atoms with van der Waals surface area (Å²) in [5.41, 5.74) is 6.01. The Balaban J connectivity index is 1.38. The molecule has 23 heteroatoms. The monoisotopic (exact) mass is 621 g/mol. The molecule has 2 aromatic heterocycles. The summed E-state index contributed by atoms with van der Waals surface area (Å²) in [4.78, 5) is 31.6. The molecule has 12 atom stereocenters. The van der Waals surface area contributed by atoms with Crippen LogP contribution in [0.2, 0.25) is 0 Å². The molecule has 2 saturated heterocycles. The molecule has 4 rings (SSSR count). The minimum Gasteiger partial charge on any atom is -0.393 e. The molecule has 2 fully saturated rings. The molecule has 40 heavy (non-hydrogen) atoms. The second-order valence-corrected chi connectivity index (χ2v) is 11.7. The van der Waals surface area contributed by atoms with Crippen LogP contribution in [0.25, 0.3) is 11.2 Å². The van der Waals surface area contributed by atoms with Gasteiger partial charge in [0.05, 0.1) is 19.5 Å². The summed E-state index contributed by atoms with van der Waals surface area (Å²) < 4.78 is 63.1. The quantitative estimate of drug-likeness (QED) is 0.116. The Hall–Kier alpha value is -1.78. The van der Waals surface area contributed by atoms with E-state index in [9.17, 15) is 48.8 Å². The number of aliphatic hydroxyl groups is 6. The molecular weight excluding hydrogens is 595 g/mol. The van der Waals surface area contributed by atoms with Crippen LogP contribution in [0.3, 0.4) is 0 Å². The Kier molecular flexibility index (Phi) is 9.22. The van der Waals surface area contributed by atoms with E-state index in [2.05, 4.69) is 28.3 Å². The van der Waals surface area contributed by atoms with Gasteiger partial charge in [0.25, 0.3) is 0 Å². The largest absolute Gasteiger partial charge is 0.483 e. The summed E-state index contributed by atoms with van der Waals surface area (Å²) in [6.45, 7) is -2.18. The van der Waals surface area contributed by atoms with Crippen molar-refractivity contribution in [3.8, 4) is 0 Å². The van der Waals surface area contributed by atoms with Crippen molar-refractivity contribution < 1.29 is 76.8 Å². The molecule has 0 bridgehead atoms. The van der Waals surface area contributed by atoms with Gasteiger partial charge < -0.3 is 55.6 Å². The Labute approximate surface area is 222 Å². The van der Waals surface area contributed by atoms with Gasteiger partial charge in [0.1, 0.15) is 54.6 Å². The van der Waals surface area contributed by atoms with Gasteiger partial charge in [-0.1, -0.05) is 0 Å². The summed E-state index contributed by atoms with van der Waals surface area (Å²) in [6, 6.07) is 0. The SMILES string of the molecule is Nc1ncnc2c1ncn2[C@@H]1O[C@H](COP(=O)(O)OP(=O)(O)O[C@@H]2OC([C@@H](F)CO)[C@@H](O)C(O)C2O)[C@H](O)[C@@H]1O. The Morgan fingerprint density at radius 3 is 2.38 bits per heavy atom. The number of ether oxygens (including phenoxy) is 2. The first-order valence-electron chi connectivity index (χ1n) is 11.2. The number of aliphatic hydroxyl groups excluding tert-OH is 6. The number of phosphoric acid groups is 2. The van der Waals surface area contributed by atoms with E-state index >= 15 is 0 Å². The van der Waals surface area contributed by atoms with Crippen LogP contribution in [0, 0.1) is 0 Å². The first kappa shape index (κ1) is 31.2. The van der Waals surface area contributed by atoms with Crippen LogP contribution in [0.15, 0.2) is 12.7 Å². The third-order valence-corrected chi connectivity index (χ3v) is 8.58. The van der Waals surface area contributed by atoms with E-state index in [0.29, 0.717) is 0 Å². The van der Waals surface area contributed by atoms with Crippen molar-refractivity contribution in [1.82, 2.24) is 19.5 Å². The van der Waals surface area contributed by atoms with Crippen molar-refractivity contribution in [3.05, 3.63) is 12.7 Å². The van der Waals surface area contributed by atoms with Crippen molar-refractivity contribution >= 4 is 32.6 Å². The van der Waals surface area contributed by atoms with Gasteiger partial charge in [-0.05, 0) is 0 Å². The highest BCUT2D eigenvalue weighted by molar-refractivity contribution is 7.61. The van der Waals surface area contributed by atoms with E-state index < -0.39 is 90.3 Å². The van der Waals surface area contributed by atoms with Crippen LogP contribution in [0.4, 0.5) is 10.2 Å². The molecular formula is C17H26FN5O15P2. The number of phosphoric ester groups is 2. The van der Waals surface area contributed by atoms with Gasteiger partial charge in [0.2, 0.25) is 0 Å². The molecule has 0 spiro atoms. The molecule has 0 saturated carbocycles. The van der Waals surface area contributed by atoms with E-state index in [1.807, 2.05) is 0 Å². The van der Waals surface area contributed by atoms with Crippen molar-refractivity contribution in [3.63, 3.8) is 0 Å². The molecule has 2 aliphatic rings. The van der Waals surface area contributed by atoms with Crippen LogP contribution in [-0.2, 0) is 32.0 Å². The number of hydrogen-bond donors (Lipinski definition) is 9. The smallest absolute Gasteiger partial charge is 0.393 e. The number of aromatic nitrogens is 4. The van der Waals surface area contributed by atoms with E-state index in [-0.39, 0.29) is 17.0 Å². The second-order valence-electron chi connectivity index (χ2n) is 8.69. The number of alkyl halides is 1. The lowest BCUT2D eigenvalue weighted by molar-refractivity contribution is -0.287. The number of fused-ring (bicyclic) bond motifs is 1. The fraction of sp³-hybridized carbons (Fsp3) is 0.706. The maximum absolute atomic E-state index is 13.8. The van der Waals surface area contributed by atoms with Crippen LogP contribution >= 0.6 is 15.6 Å². The number of nitrogens with two attached hydrogens (primary N) is 1. The van der Waals surface area contributed by atoms with Gasteiger partial charge in [0, 0.05) is 0 Å². The molecule has 0 aliphatic carbocycles. The standard InChI is InChI=1S/C17H26FN5O15P2/c18-5(1-24)13-10(27)9(26)12(29)17(36-13)37-40(32,33)38-39(30,31)34-2-6-8(25)11(28)16(35-6)23-4-22-7-14(19)20-3-21-15(7)23/h3-6,8-13,16-17,24-29H,1-2H2,(H,30,31)(H,32,33)(H2,19,20,21)/t5-,6+,8-,9?,10-,11-,12?,13?,16+,17-/m0/s1. The zero-order chi connectivity index (χ0) is 29.6. The molecule has 4 heterocycles. The summed E-state index contributed by atoms with van der Waals surface area (Å²) in [5, 5.41) is 59.3. The van der Waals surface area contributed by atoms with Crippen LogP contribution in [-0.4, -0.2) is 128 Å². The second kappa shape index (κ2) is 11.8. The third kappa shape index (κ3) is 6.33. The first-order chi connectivity index (χ1) is 18.7. The minimum atomic E-state index is -5.70. The maximum Gasteiger partial charge on any atom is 0.483 e. The minimum absolute atomic E-state index is 0.0240. The van der Waals surface area contributed by atoms with Crippen LogP contribution in [0.5, 0.6) is 0 Å². The van der Waals surface area contributed by atoms with E-state index in [1.165, 1.54) is 10.9 Å². The lowest BCUT2D eigenvalue weighted by atomic mass is 9.96. The predicted octanol–water partition coefficient (Wildman–Crippen LogP) is -3.58. The van der Waals surface area contributed by atoms with E-state index in [1.54, 1.807) is 0 Å². The van der Waals surface area contributed by atoms with Gasteiger partial charge >= 0.3 is 15.6 Å². The lowest BCUT2D eigenvalue weighted by Gasteiger charge is -2.41. The third-order valence-electron chi connectivity index (χ3n) is 5.98. The summed E-state index contributed by atoms with van der Waals surface area (Å²) in [5.74, 6) is 0.0240. The van der Waals surface area contributed by atoms with Crippen molar-refractivity contribution in [2.75, 3.05) is 18.9 Å². The summed E-state index contributed by atoms with van der Waals surface area (Å²) in [6.07, 6.45) is -17.1. The molecule has 0 amide bonds. The lowest BCUT2D eigenvalue weighted by Crippen LogP contribution is -2.60. The molecule has 0 aromatic carbocycles. The highest BCUT2D eigenvalue weighted by atomic mass is 31.3. The molecule has 2 aromatic rings. The van der Waals surface area contributed by atoms with Gasteiger partial charge in [-0.2, -0.15) is 4.31 Å². The Morgan fingerprint density at radius 1 is 1.00 bits per heavy atom. The average molecular weight is 621 g/mol. The van der Waals surface area contributed by atoms with Crippen molar-refractivity contribution in [2.45, 2.75) is 61.4 Å². The number of imidazole rings is 1. The number of nitrogens with zero attached hydrogens (tertiary/aromatic N) is 4. The zero-order valence-corrected chi connectivity index (χ0v) is 21.7. The number of nitrogen functional groups attached to an aromatic ring is 1. The highest BCUT2D eigenvalue weighted by Gasteiger charge is 2.51. The van der Waals surface area contributed by atoms with E-state index in [4.69, 9.17) is 20.3 Å². The van der Waals surface area contributed by atoms with Gasteiger partial charge in [-0.15, -0.1) is 0 Å². The fourth-order valence-electron chi connectivity index (χ4n) is 3.99. The average Bonchev–Trinajstić information content (AvgIpc) is 3.43. The Morgan fingerprint density at radius 2 is 1.70 bits per heavy atom. The molecule has 2 aliphatic heterocycles. The van der Waals surface area contributed by atoms with Gasteiger partial charge in [0.15, 0.2) is 30.2 Å². The van der Waals surface area contributed by atoms with Crippen LogP contribution in [0.1, 0.15) is 6.23 Å². The van der Waals surface area contributed by atoms with Crippen molar-refractivity contribution in [1.29, 1.82) is 0 Å². The van der Waals surface area contributed by atoms with Crippen molar-refractivity contribution in [2.24, 2.45) is 0 Å². The molecule has 0 radical (unpaired) electrons. The number of anilines is 1. The summed E-state index contributed by atoms with van der Waals surface area (Å²) >= 11 is 0. The predicted molar refractivity (Wildman–Crippen MR) is 122 cm³/mol. The van der Waals surface area contributed by atoms with Gasteiger partial charge in [-0.3, -0.25) is 13.6 Å². The zero-order valence-electron chi connectivity index (χ0n) is 19.9. The van der Waals surface area contributed by atoms with Crippen LogP contribution < -0.4 is 5.73 Å². The molecule has 5 unspecified atom stereocenters. The molecule has 20 nitrogen and oxygen atoms in total. The topological polar surface area (TPSA) is 312 Å². The number of halogens is 1. The molecule has 10 N–H and O–H groups in total. The van der Waals surface area contributed by atoms with Gasteiger partial charge in [-0.25, -0.2) is 28.5 Å². The summed E-state index contributed by atoms with van der Waals surface area (Å²) in [7, 11) is -11.2. The highest BCUT2D eigenvalue weighted by Crippen LogP contribution is 2.61. The Bertz CT molecular complexity index is 1290. The van der Waals surface area contributed by atoms with E-state index in [0.717, 1.165) is 6.33 Å². The normalized spacial score (nSPS) is 36.8. The maximum atomic E-state index is 13.8. The number of rotatable bonds is 10. The number of hydrogen-bond acceptors (Lipinski definition) is 17. The first-order valence-corrected chi connectivity index (χ1v) is 14.2.